The summed E-state index contributed by atoms with van der Waals surface area (Å²) in [5, 5.41) is 3.16. The minimum absolute atomic E-state index is 0.0850. The van der Waals surface area contributed by atoms with Gasteiger partial charge in [-0.05, 0) is 5.56 Å². The van der Waals surface area contributed by atoms with Gasteiger partial charge < -0.3 is 4.74 Å². The highest BCUT2D eigenvalue weighted by atomic mass is 16.5. The standard InChI is InChI=1S/C9H7NO2/c10-8-7-4-2-1-3-6(7)5-12-9(8)11/h1-4,10H,5H2/b10-8+. The molecule has 0 atom stereocenters. The van der Waals surface area contributed by atoms with Crippen LogP contribution in [0.5, 0.6) is 0 Å². The number of carbonyl (C=O) groups excluding carboxylic acids is 1. The van der Waals surface area contributed by atoms with Crippen molar-refractivity contribution in [3.05, 3.63) is 35.4 Å². The Hall–Kier alpha value is -1.64. The Balaban J connectivity index is 2.58. The van der Waals surface area contributed by atoms with Crippen LogP contribution in [0.4, 0.5) is 0 Å². The topological polar surface area (TPSA) is 50.2 Å². The van der Waals surface area contributed by atoms with Crippen LogP contribution >= 0.6 is 0 Å². The van der Waals surface area contributed by atoms with Crippen LogP contribution in [0.25, 0.3) is 0 Å². The van der Waals surface area contributed by atoms with Gasteiger partial charge in [-0.1, -0.05) is 24.3 Å². The molecule has 2 rings (SSSR count). The third kappa shape index (κ3) is 0.906. The Morgan fingerprint density at radius 3 is 3.17 bits per heavy atom. The number of esters is 1. The van der Waals surface area contributed by atoms with Crippen molar-refractivity contribution in [1.29, 1.82) is 5.40 Å². The molecule has 0 saturated carbocycles. The maximum absolute atomic E-state index is 11.1. The molecule has 0 bridgehead atoms. The number of benzene rings is 1. The summed E-state index contributed by atoms with van der Waals surface area (Å²) >= 11 is 0. The zero-order valence-corrected chi connectivity index (χ0v) is 6.28. The highest BCUT2D eigenvalue weighted by Crippen LogP contribution is 2.16. The molecule has 0 radical (unpaired) electrons. The number of hydrogen-bond donors (Lipinski definition) is 1. The summed E-state index contributed by atoms with van der Waals surface area (Å²) in [7, 11) is 0. The average molecular weight is 161 g/mol. The van der Waals surface area contributed by atoms with E-state index in [4.69, 9.17) is 6.15 Å². The summed E-state index contributed by atoms with van der Waals surface area (Å²) in [6.45, 7) is 0.272. The van der Waals surface area contributed by atoms with E-state index in [1.165, 1.54) is 0 Å². The van der Waals surface area contributed by atoms with Crippen LogP contribution in [-0.4, -0.2) is 11.7 Å². The van der Waals surface area contributed by atoms with Crippen molar-refractivity contribution in [3.8, 4) is 0 Å². The van der Waals surface area contributed by atoms with Crippen LogP contribution in [-0.2, 0) is 16.1 Å². The van der Waals surface area contributed by atoms with Gasteiger partial charge >= 0.3 is 5.97 Å². The van der Waals surface area contributed by atoms with Gasteiger partial charge in [0.25, 0.3) is 0 Å². The molecule has 0 amide bonds. The van der Waals surface area contributed by atoms with E-state index in [0.717, 1.165) is 5.56 Å². The van der Waals surface area contributed by atoms with Crippen molar-refractivity contribution in [3.63, 3.8) is 0 Å². The molecule has 1 aliphatic rings. The van der Waals surface area contributed by atoms with Crippen LogP contribution in [0.15, 0.2) is 24.3 Å². The molecule has 1 aromatic rings. The first-order valence-corrected chi connectivity index (χ1v) is 3.60. The van der Waals surface area contributed by atoms with Gasteiger partial charge in [0.1, 0.15) is 12.3 Å². The lowest BCUT2D eigenvalue weighted by Crippen LogP contribution is -2.24. The first-order chi connectivity index (χ1) is 6.33. The number of cyclic esters (lactones) is 1. The van der Waals surface area contributed by atoms with Crippen LogP contribution in [0.1, 0.15) is 11.1 Å². The second kappa shape index (κ2) is 2.44. The fraction of sp³-hybridized carbons (Fsp3) is 0.111. The summed E-state index contributed by atoms with van der Waals surface area (Å²) in [4.78, 5) is 11.1. The van der Waals surface area contributed by atoms with E-state index in [0.29, 0.717) is 5.56 Å². The third-order valence-electron chi connectivity index (χ3n) is 1.82. The maximum atomic E-state index is 11.1. The first kappa shape index (κ1) is 5.94. The molecule has 0 saturated heterocycles. The number of ether oxygens (including phenoxy) is 1. The smallest absolute Gasteiger partial charge is 0.357 e. The number of nitrogens with one attached hydrogen (secondary N) is 1. The molecule has 3 nitrogen and oxygen atoms in total. The van der Waals surface area contributed by atoms with Gasteiger partial charge in [-0.25, -0.2) is 4.79 Å². The van der Waals surface area contributed by atoms with Gasteiger partial charge in [0.05, 0.1) is 0 Å². The van der Waals surface area contributed by atoms with Crippen LogP contribution < -0.4 is 0 Å². The minimum atomic E-state index is -0.520. The van der Waals surface area contributed by atoms with Crippen molar-refractivity contribution in [1.82, 2.24) is 0 Å². The van der Waals surface area contributed by atoms with Crippen molar-refractivity contribution in [2.45, 2.75) is 6.61 Å². The third-order valence-corrected chi connectivity index (χ3v) is 1.82. The Bertz CT molecular complexity index is 387. The van der Waals surface area contributed by atoms with Gasteiger partial charge in [0.2, 0.25) is 0 Å². The lowest BCUT2D eigenvalue weighted by molar-refractivity contribution is -0.137. The summed E-state index contributed by atoms with van der Waals surface area (Å²) < 4.78 is 11.7. The lowest BCUT2D eigenvalue weighted by atomic mass is 10.0. The Labute approximate surface area is 70.9 Å². The Morgan fingerprint density at radius 2 is 2.33 bits per heavy atom. The number of carbonyl (C=O) groups is 1. The molecule has 0 aromatic heterocycles. The zero-order chi connectivity index (χ0) is 9.26. The van der Waals surface area contributed by atoms with Gasteiger partial charge in [-0.2, -0.15) is 0 Å². The molecule has 0 aliphatic carbocycles. The highest BCUT2D eigenvalue weighted by molar-refractivity contribution is 6.42. The van der Waals surface area contributed by atoms with E-state index < -0.39 is 5.97 Å². The lowest BCUT2D eigenvalue weighted by Gasteiger charge is -2.15. The molecule has 60 valence electrons. The van der Waals surface area contributed by atoms with E-state index in [2.05, 4.69) is 5.40 Å². The molecule has 1 aliphatic heterocycles. The monoisotopic (exact) mass is 161 g/mol. The largest absolute Gasteiger partial charge is 0.456 e. The van der Waals surface area contributed by atoms with E-state index in [1.807, 2.05) is 18.2 Å². The second-order valence-corrected chi connectivity index (χ2v) is 2.58. The molecule has 3 heteroatoms. The van der Waals surface area contributed by atoms with Crippen LogP contribution in [0, 0.1) is 5.40 Å². The summed E-state index contributed by atoms with van der Waals surface area (Å²) in [6.07, 6.45) is 0. The first-order valence-electron chi connectivity index (χ1n) is 4.05. The van der Waals surface area contributed by atoms with Crippen LogP contribution in [0.3, 0.4) is 0 Å². The number of rotatable bonds is 0. The molecule has 1 N–H and O–H groups in total. The predicted molar refractivity (Wildman–Crippen MR) is 43.1 cm³/mol. The van der Waals surface area contributed by atoms with Crippen molar-refractivity contribution >= 4 is 11.7 Å². The normalized spacial score (nSPS) is 19.8. The van der Waals surface area contributed by atoms with Crippen molar-refractivity contribution in [2.75, 3.05) is 0 Å². The van der Waals surface area contributed by atoms with Crippen molar-refractivity contribution < 1.29 is 10.9 Å². The van der Waals surface area contributed by atoms with E-state index in [1.54, 1.807) is 6.07 Å². The maximum Gasteiger partial charge on any atom is 0.357 e. The number of hydrogen-bond acceptors (Lipinski definition) is 3. The van der Waals surface area contributed by atoms with Crippen molar-refractivity contribution in [2.24, 2.45) is 0 Å². The summed E-state index contributed by atoms with van der Waals surface area (Å²) in [5.41, 5.74) is 1.68. The molecular formula is C9H7NO2. The van der Waals surface area contributed by atoms with Gasteiger partial charge in [0, 0.05) is 5.56 Å². The molecule has 1 heterocycles. The van der Waals surface area contributed by atoms with E-state index >= 15 is 0 Å². The Kier molecular flexibility index (Phi) is 1.21. The van der Waals surface area contributed by atoms with Gasteiger partial charge in [0.15, 0.2) is 1.41 Å². The van der Waals surface area contributed by atoms with Gasteiger partial charge in [-0.15, -0.1) is 0 Å². The predicted octanol–water partition coefficient (Wildman–Crippen LogP) is 1.11. The fourth-order valence-electron chi connectivity index (χ4n) is 1.20. The van der Waals surface area contributed by atoms with Gasteiger partial charge in [-0.3, -0.25) is 5.40 Å². The minimum Gasteiger partial charge on any atom is -0.456 e. The zero-order valence-electron chi connectivity index (χ0n) is 7.28. The molecule has 1 aromatic carbocycles. The summed E-state index contributed by atoms with van der Waals surface area (Å²) in [5.74, 6) is -0.520. The fourth-order valence-corrected chi connectivity index (χ4v) is 1.20. The van der Waals surface area contributed by atoms with E-state index in [9.17, 15) is 4.79 Å². The second-order valence-electron chi connectivity index (χ2n) is 2.58. The Morgan fingerprint density at radius 1 is 1.50 bits per heavy atom. The van der Waals surface area contributed by atoms with E-state index in [-0.39, 0.29) is 12.3 Å². The molecule has 12 heavy (non-hydrogen) atoms. The summed E-state index contributed by atoms with van der Waals surface area (Å²) in [6, 6.07) is 7.29. The molecule has 0 spiro atoms. The van der Waals surface area contributed by atoms with Crippen LogP contribution in [0.2, 0.25) is 1.41 Å². The average Bonchev–Trinajstić information content (AvgIpc) is 2.18. The molecule has 0 unspecified atom stereocenters. The molecular weight excluding hydrogens is 154 g/mol. The quantitative estimate of drug-likeness (QED) is 0.579. The SMILES string of the molecule is [H]/N=C1/C(=O)OCc2ccccc21. The highest BCUT2D eigenvalue weighted by Gasteiger charge is 2.21. The number of fused-ring (bicyclic) bond motifs is 1. The molecule has 0 fully saturated rings.